The van der Waals surface area contributed by atoms with Crippen molar-refractivity contribution >= 4 is 17.2 Å². The Morgan fingerprint density at radius 1 is 0.960 bits per heavy atom. The normalized spacial score (nSPS) is 22.4. The first kappa shape index (κ1) is 17.9. The first-order valence-electron chi connectivity index (χ1n) is 9.18. The summed E-state index contributed by atoms with van der Waals surface area (Å²) in [5.41, 5.74) is 2.73. The Labute approximate surface area is 157 Å². The molecule has 1 aliphatic rings. The smallest absolute Gasteiger partial charge is 0.0824 e. The minimum atomic E-state index is 0.308. The zero-order valence-electron chi connectivity index (χ0n) is 15.1. The van der Waals surface area contributed by atoms with E-state index < -0.39 is 0 Å². The molecule has 4 atom stereocenters. The predicted molar refractivity (Wildman–Crippen MR) is 111 cm³/mol. The number of benzene rings is 2. The number of nitrogens with zero attached hydrogens (tertiary/aromatic N) is 1. The van der Waals surface area contributed by atoms with Gasteiger partial charge in [-0.1, -0.05) is 92.8 Å². The molecule has 3 rings (SSSR count). The Hall–Kier alpha value is -1.93. The van der Waals surface area contributed by atoms with E-state index in [2.05, 4.69) is 86.0 Å². The van der Waals surface area contributed by atoms with E-state index in [-0.39, 0.29) is 0 Å². The van der Waals surface area contributed by atoms with Crippen LogP contribution in [0.3, 0.4) is 0 Å². The van der Waals surface area contributed by atoms with Crippen LogP contribution in [0.1, 0.15) is 49.9 Å². The van der Waals surface area contributed by atoms with Crippen LogP contribution in [0, 0.1) is 11.8 Å². The largest absolute Gasteiger partial charge is 0.352 e. The molecule has 2 heteroatoms. The van der Waals surface area contributed by atoms with Crippen molar-refractivity contribution in [2.24, 2.45) is 11.8 Å². The third-order valence-corrected chi connectivity index (χ3v) is 6.14. The van der Waals surface area contributed by atoms with Crippen molar-refractivity contribution in [1.82, 2.24) is 4.90 Å². The minimum Gasteiger partial charge on any atom is -0.352 e. The molecule has 0 amide bonds. The number of hydrogen-bond donors (Lipinski definition) is 0. The first-order valence-corrected chi connectivity index (χ1v) is 9.59. The lowest BCUT2D eigenvalue weighted by Crippen LogP contribution is -2.37. The van der Waals surface area contributed by atoms with E-state index in [9.17, 15) is 0 Å². The first-order chi connectivity index (χ1) is 12.1. The third-order valence-electron chi connectivity index (χ3n) is 5.56. The molecule has 2 aromatic carbocycles. The SMILES string of the molecule is C=C[C@@H](C)[C@@H](C)C(=S)N1[C@@H](c2ccccc2)CC[C@@H]1c1ccccc1. The van der Waals surface area contributed by atoms with Gasteiger partial charge in [-0.2, -0.15) is 0 Å². The second-order valence-corrected chi connectivity index (χ2v) is 7.48. The van der Waals surface area contributed by atoms with E-state index in [1.165, 1.54) is 11.1 Å². The highest BCUT2D eigenvalue weighted by Crippen LogP contribution is 2.45. The van der Waals surface area contributed by atoms with Crippen molar-refractivity contribution < 1.29 is 0 Å². The zero-order valence-corrected chi connectivity index (χ0v) is 16.0. The van der Waals surface area contributed by atoms with Gasteiger partial charge in [0.1, 0.15) is 0 Å². The van der Waals surface area contributed by atoms with Gasteiger partial charge < -0.3 is 4.90 Å². The summed E-state index contributed by atoms with van der Waals surface area (Å²) in [6, 6.07) is 22.3. The number of hydrogen-bond acceptors (Lipinski definition) is 1. The highest BCUT2D eigenvalue weighted by Gasteiger charge is 2.38. The van der Waals surface area contributed by atoms with Crippen molar-refractivity contribution in [1.29, 1.82) is 0 Å². The average Bonchev–Trinajstić information content (AvgIpc) is 3.12. The molecule has 130 valence electrons. The average molecular weight is 350 g/mol. The Kier molecular flexibility index (Phi) is 5.70. The second-order valence-electron chi connectivity index (χ2n) is 7.06. The standard InChI is InChI=1S/C23H27NS/c1-4-17(2)18(3)23(25)24-21(19-11-7-5-8-12-19)15-16-22(24)20-13-9-6-10-14-20/h4-14,17-18,21-22H,1,15-16H2,2-3H3/t17-,18-,21-,22-/m1/s1. The summed E-state index contributed by atoms with van der Waals surface area (Å²) >= 11 is 6.01. The molecule has 1 aliphatic heterocycles. The van der Waals surface area contributed by atoms with Crippen LogP contribution in [0.4, 0.5) is 0 Å². The topological polar surface area (TPSA) is 3.24 Å². The molecule has 0 N–H and O–H groups in total. The third kappa shape index (κ3) is 3.69. The second kappa shape index (κ2) is 7.97. The van der Waals surface area contributed by atoms with Crippen LogP contribution >= 0.6 is 12.2 Å². The maximum atomic E-state index is 6.01. The van der Waals surface area contributed by atoms with Crippen LogP contribution in [-0.2, 0) is 0 Å². The summed E-state index contributed by atoms with van der Waals surface area (Å²) in [7, 11) is 0. The summed E-state index contributed by atoms with van der Waals surface area (Å²) in [5.74, 6) is 0.684. The lowest BCUT2D eigenvalue weighted by atomic mass is 9.93. The summed E-state index contributed by atoms with van der Waals surface area (Å²) in [5, 5.41) is 0. The fourth-order valence-electron chi connectivity index (χ4n) is 3.79. The van der Waals surface area contributed by atoms with Gasteiger partial charge in [0.15, 0.2) is 0 Å². The number of allylic oxidation sites excluding steroid dienone is 1. The van der Waals surface area contributed by atoms with Crippen LogP contribution in [0.15, 0.2) is 73.3 Å². The molecule has 0 aromatic heterocycles. The molecule has 0 saturated carbocycles. The monoisotopic (exact) mass is 349 g/mol. The zero-order chi connectivity index (χ0) is 17.8. The Morgan fingerprint density at radius 2 is 1.40 bits per heavy atom. The van der Waals surface area contributed by atoms with E-state index in [4.69, 9.17) is 12.2 Å². The lowest BCUT2D eigenvalue weighted by molar-refractivity contribution is 0.307. The quantitative estimate of drug-likeness (QED) is 0.457. The summed E-state index contributed by atoms with van der Waals surface area (Å²) in [6.45, 7) is 8.40. The van der Waals surface area contributed by atoms with E-state index in [1.54, 1.807) is 0 Å². The lowest BCUT2D eigenvalue weighted by Gasteiger charge is -2.37. The van der Waals surface area contributed by atoms with Crippen LogP contribution < -0.4 is 0 Å². The van der Waals surface area contributed by atoms with Crippen molar-refractivity contribution in [3.63, 3.8) is 0 Å². The Morgan fingerprint density at radius 3 is 1.80 bits per heavy atom. The summed E-state index contributed by atoms with van der Waals surface area (Å²) in [4.78, 5) is 3.57. The van der Waals surface area contributed by atoms with Crippen LogP contribution in [0.2, 0.25) is 0 Å². The van der Waals surface area contributed by atoms with E-state index in [1.807, 2.05) is 6.08 Å². The molecule has 2 aromatic rings. The summed E-state index contributed by atoms with van der Waals surface area (Å²) < 4.78 is 0. The van der Waals surface area contributed by atoms with Crippen LogP contribution in [0.5, 0.6) is 0 Å². The van der Waals surface area contributed by atoms with E-state index in [0.717, 1.165) is 17.8 Å². The Balaban J connectivity index is 1.97. The molecular formula is C23H27NS. The van der Waals surface area contributed by atoms with Crippen molar-refractivity contribution in [2.45, 2.75) is 38.8 Å². The van der Waals surface area contributed by atoms with Crippen molar-refractivity contribution in [2.75, 3.05) is 0 Å². The molecule has 0 unspecified atom stereocenters. The van der Waals surface area contributed by atoms with E-state index in [0.29, 0.717) is 23.9 Å². The molecule has 1 saturated heterocycles. The van der Waals surface area contributed by atoms with Gasteiger partial charge >= 0.3 is 0 Å². The van der Waals surface area contributed by atoms with Gasteiger partial charge in [-0.25, -0.2) is 0 Å². The fraction of sp³-hybridized carbons (Fsp3) is 0.348. The molecule has 1 heterocycles. The predicted octanol–water partition coefficient (Wildman–Crippen LogP) is 6.35. The Bertz CT molecular complexity index is 662. The van der Waals surface area contributed by atoms with Gasteiger partial charge in [0.05, 0.1) is 17.1 Å². The molecule has 25 heavy (non-hydrogen) atoms. The van der Waals surface area contributed by atoms with Gasteiger partial charge in [0.2, 0.25) is 0 Å². The van der Waals surface area contributed by atoms with Crippen LogP contribution in [0.25, 0.3) is 0 Å². The van der Waals surface area contributed by atoms with Gasteiger partial charge in [-0.15, -0.1) is 6.58 Å². The number of likely N-dealkylation sites (tertiary alicyclic amines) is 1. The molecule has 0 bridgehead atoms. The summed E-state index contributed by atoms with van der Waals surface area (Å²) in [6.07, 6.45) is 4.29. The van der Waals surface area contributed by atoms with Crippen LogP contribution in [-0.4, -0.2) is 9.89 Å². The fourth-order valence-corrected chi connectivity index (χ4v) is 4.26. The minimum absolute atomic E-state index is 0.308. The maximum absolute atomic E-state index is 6.01. The highest BCUT2D eigenvalue weighted by atomic mass is 32.1. The molecule has 1 nitrogen and oxygen atoms in total. The van der Waals surface area contributed by atoms with Gasteiger partial charge in [-0.3, -0.25) is 0 Å². The van der Waals surface area contributed by atoms with Crippen molar-refractivity contribution in [3.05, 3.63) is 84.4 Å². The molecule has 0 radical (unpaired) electrons. The molecule has 0 aliphatic carbocycles. The number of rotatable bonds is 5. The molecule has 0 spiro atoms. The van der Waals surface area contributed by atoms with Gasteiger partial charge in [0.25, 0.3) is 0 Å². The van der Waals surface area contributed by atoms with Gasteiger partial charge in [0, 0.05) is 5.92 Å². The van der Waals surface area contributed by atoms with Crippen molar-refractivity contribution in [3.8, 4) is 0 Å². The molecular weight excluding hydrogens is 322 g/mol. The maximum Gasteiger partial charge on any atom is 0.0824 e. The van der Waals surface area contributed by atoms with E-state index >= 15 is 0 Å². The van der Waals surface area contributed by atoms with Gasteiger partial charge in [-0.05, 0) is 29.9 Å². The molecule has 1 fully saturated rings. The number of thiocarbonyl (C=S) groups is 1. The highest BCUT2D eigenvalue weighted by molar-refractivity contribution is 7.80.